The van der Waals surface area contributed by atoms with Crippen LogP contribution in [-0.2, 0) is 17.7 Å². The van der Waals surface area contributed by atoms with Gasteiger partial charge in [0.2, 0.25) is 0 Å². The number of nitrogens with zero attached hydrogens (tertiary/aromatic N) is 1. The molecular weight excluding hydrogens is 224 g/mol. The van der Waals surface area contributed by atoms with Gasteiger partial charge in [0.1, 0.15) is 0 Å². The van der Waals surface area contributed by atoms with E-state index in [0.29, 0.717) is 6.04 Å². The molecule has 0 bridgehead atoms. The molecule has 2 rings (SSSR count). The van der Waals surface area contributed by atoms with E-state index in [1.54, 1.807) is 7.11 Å². The molecule has 1 N–H and O–H groups in total. The summed E-state index contributed by atoms with van der Waals surface area (Å²) in [6.45, 7) is 5.07. The number of hydrogen-bond donors (Lipinski definition) is 1. The number of likely N-dealkylation sites (N-methyl/N-ethyl adjacent to an activating group) is 1. The zero-order valence-corrected chi connectivity index (χ0v) is 11.7. The van der Waals surface area contributed by atoms with Crippen LogP contribution >= 0.6 is 0 Å². The molecule has 1 unspecified atom stereocenters. The summed E-state index contributed by atoms with van der Waals surface area (Å²) in [6.07, 6.45) is 2.44. The van der Waals surface area contributed by atoms with Crippen molar-refractivity contribution in [2.75, 3.05) is 32.6 Å². The van der Waals surface area contributed by atoms with Crippen molar-refractivity contribution in [3.05, 3.63) is 29.3 Å². The predicted molar refractivity (Wildman–Crippen MR) is 76.1 cm³/mol. The molecule has 0 aromatic heterocycles. The first kappa shape index (κ1) is 13.4. The molecule has 0 radical (unpaired) electrons. The molecule has 3 nitrogen and oxygen atoms in total. The summed E-state index contributed by atoms with van der Waals surface area (Å²) in [5.74, 6) is 0. The lowest BCUT2D eigenvalue weighted by atomic mass is 10.0. The maximum atomic E-state index is 5.20. The standard InChI is InChI=1S/C15H24N2O/c1-12(11-18-3)17(2)10-13-6-7-15-14(9-13)5-4-8-16-15/h6-7,9,12,16H,4-5,8,10-11H2,1-3H3. The smallest absolute Gasteiger partial charge is 0.0615 e. The van der Waals surface area contributed by atoms with Gasteiger partial charge in [-0.15, -0.1) is 0 Å². The third-order valence-electron chi connectivity index (χ3n) is 3.70. The summed E-state index contributed by atoms with van der Waals surface area (Å²) in [5, 5.41) is 3.45. The molecule has 0 saturated carbocycles. The largest absolute Gasteiger partial charge is 0.385 e. The minimum atomic E-state index is 0.448. The van der Waals surface area contributed by atoms with Gasteiger partial charge in [0.05, 0.1) is 6.61 Å². The van der Waals surface area contributed by atoms with Crippen LogP contribution in [0.5, 0.6) is 0 Å². The normalized spacial score (nSPS) is 16.2. The molecule has 0 amide bonds. The van der Waals surface area contributed by atoms with Crippen molar-refractivity contribution in [3.63, 3.8) is 0 Å². The van der Waals surface area contributed by atoms with Gasteiger partial charge in [-0.2, -0.15) is 0 Å². The molecule has 0 aliphatic carbocycles. The second kappa shape index (κ2) is 6.21. The van der Waals surface area contributed by atoms with Crippen molar-refractivity contribution in [2.24, 2.45) is 0 Å². The second-order valence-electron chi connectivity index (χ2n) is 5.24. The number of anilines is 1. The summed E-state index contributed by atoms with van der Waals surface area (Å²) in [4.78, 5) is 2.33. The van der Waals surface area contributed by atoms with Gasteiger partial charge in [0.15, 0.2) is 0 Å². The number of ether oxygens (including phenoxy) is 1. The van der Waals surface area contributed by atoms with E-state index in [1.807, 2.05) is 0 Å². The maximum absolute atomic E-state index is 5.20. The molecule has 3 heteroatoms. The molecule has 0 saturated heterocycles. The molecule has 1 aromatic carbocycles. The Hall–Kier alpha value is -1.06. The summed E-state index contributed by atoms with van der Waals surface area (Å²) >= 11 is 0. The van der Waals surface area contributed by atoms with E-state index in [2.05, 4.69) is 42.4 Å². The van der Waals surface area contributed by atoms with Crippen molar-refractivity contribution < 1.29 is 4.74 Å². The highest BCUT2D eigenvalue weighted by Gasteiger charge is 2.12. The fraction of sp³-hybridized carbons (Fsp3) is 0.600. The average molecular weight is 248 g/mol. The first-order valence-electron chi connectivity index (χ1n) is 6.75. The Kier molecular flexibility index (Phi) is 4.61. The Labute approximate surface area is 110 Å². The van der Waals surface area contributed by atoms with E-state index in [1.165, 1.54) is 29.7 Å². The highest BCUT2D eigenvalue weighted by Crippen LogP contribution is 2.23. The van der Waals surface area contributed by atoms with Crippen LogP contribution in [0.4, 0.5) is 5.69 Å². The van der Waals surface area contributed by atoms with Crippen molar-refractivity contribution in [3.8, 4) is 0 Å². The molecule has 1 aromatic rings. The van der Waals surface area contributed by atoms with Crippen molar-refractivity contribution >= 4 is 5.69 Å². The number of nitrogens with one attached hydrogen (secondary N) is 1. The van der Waals surface area contributed by atoms with Crippen LogP contribution in [0.1, 0.15) is 24.5 Å². The van der Waals surface area contributed by atoms with E-state index in [4.69, 9.17) is 4.74 Å². The molecular formula is C15H24N2O. The van der Waals surface area contributed by atoms with Crippen molar-refractivity contribution in [1.29, 1.82) is 0 Å². The van der Waals surface area contributed by atoms with E-state index in [0.717, 1.165) is 19.7 Å². The van der Waals surface area contributed by atoms with Crippen molar-refractivity contribution in [2.45, 2.75) is 32.4 Å². The number of fused-ring (bicyclic) bond motifs is 1. The lowest BCUT2D eigenvalue weighted by Gasteiger charge is -2.25. The highest BCUT2D eigenvalue weighted by atomic mass is 16.5. The Morgan fingerprint density at radius 1 is 1.44 bits per heavy atom. The summed E-state index contributed by atoms with van der Waals surface area (Å²) in [5.41, 5.74) is 4.17. The number of hydrogen-bond acceptors (Lipinski definition) is 3. The van der Waals surface area contributed by atoms with Crippen LogP contribution in [-0.4, -0.2) is 38.3 Å². The lowest BCUT2D eigenvalue weighted by molar-refractivity contribution is 0.112. The fourth-order valence-corrected chi connectivity index (χ4v) is 2.44. The molecule has 1 heterocycles. The third-order valence-corrected chi connectivity index (χ3v) is 3.70. The fourth-order valence-electron chi connectivity index (χ4n) is 2.44. The van der Waals surface area contributed by atoms with E-state index < -0.39 is 0 Å². The van der Waals surface area contributed by atoms with E-state index in [9.17, 15) is 0 Å². The van der Waals surface area contributed by atoms with Gasteiger partial charge in [-0.05, 0) is 44.0 Å². The Morgan fingerprint density at radius 2 is 2.28 bits per heavy atom. The van der Waals surface area contributed by atoms with Crippen LogP contribution in [0.25, 0.3) is 0 Å². The van der Waals surface area contributed by atoms with Gasteiger partial charge < -0.3 is 10.1 Å². The summed E-state index contributed by atoms with van der Waals surface area (Å²) < 4.78 is 5.20. The molecule has 1 atom stereocenters. The van der Waals surface area contributed by atoms with Gasteiger partial charge in [-0.25, -0.2) is 0 Å². The second-order valence-corrected chi connectivity index (χ2v) is 5.24. The first-order chi connectivity index (χ1) is 8.70. The number of rotatable bonds is 5. The first-order valence-corrected chi connectivity index (χ1v) is 6.75. The van der Waals surface area contributed by atoms with Gasteiger partial charge in [-0.3, -0.25) is 4.90 Å². The Bertz CT molecular complexity index is 392. The van der Waals surface area contributed by atoms with E-state index >= 15 is 0 Å². The molecule has 18 heavy (non-hydrogen) atoms. The third kappa shape index (κ3) is 3.24. The van der Waals surface area contributed by atoms with E-state index in [-0.39, 0.29) is 0 Å². The minimum Gasteiger partial charge on any atom is -0.385 e. The summed E-state index contributed by atoms with van der Waals surface area (Å²) in [7, 11) is 3.91. The molecule has 1 aliphatic heterocycles. The molecule has 1 aliphatic rings. The van der Waals surface area contributed by atoms with Crippen molar-refractivity contribution in [1.82, 2.24) is 4.90 Å². The SMILES string of the molecule is COCC(C)N(C)Cc1ccc2c(c1)CCCN2. The number of benzene rings is 1. The zero-order chi connectivity index (χ0) is 13.0. The predicted octanol–water partition coefficient (Wildman–Crippen LogP) is 2.51. The molecule has 0 spiro atoms. The van der Waals surface area contributed by atoms with Gasteiger partial charge >= 0.3 is 0 Å². The lowest BCUT2D eigenvalue weighted by Crippen LogP contribution is -2.32. The van der Waals surface area contributed by atoms with Gasteiger partial charge in [-0.1, -0.05) is 12.1 Å². The monoisotopic (exact) mass is 248 g/mol. The Morgan fingerprint density at radius 3 is 3.06 bits per heavy atom. The molecule has 0 fully saturated rings. The van der Waals surface area contributed by atoms with Crippen LogP contribution in [0.3, 0.4) is 0 Å². The highest BCUT2D eigenvalue weighted by molar-refractivity contribution is 5.54. The van der Waals surface area contributed by atoms with Crippen LogP contribution in [0.2, 0.25) is 0 Å². The Balaban J connectivity index is 2.01. The van der Waals surface area contributed by atoms with Gasteiger partial charge in [0, 0.05) is 31.9 Å². The number of aryl methyl sites for hydroxylation is 1. The maximum Gasteiger partial charge on any atom is 0.0615 e. The molecule has 100 valence electrons. The minimum absolute atomic E-state index is 0.448. The average Bonchev–Trinajstić information content (AvgIpc) is 2.39. The van der Waals surface area contributed by atoms with Crippen LogP contribution < -0.4 is 5.32 Å². The topological polar surface area (TPSA) is 24.5 Å². The quantitative estimate of drug-likeness (QED) is 0.866. The van der Waals surface area contributed by atoms with Crippen LogP contribution in [0.15, 0.2) is 18.2 Å². The van der Waals surface area contributed by atoms with Gasteiger partial charge in [0.25, 0.3) is 0 Å². The summed E-state index contributed by atoms with van der Waals surface area (Å²) in [6, 6.07) is 7.24. The van der Waals surface area contributed by atoms with Crippen LogP contribution in [0, 0.1) is 0 Å². The zero-order valence-electron chi connectivity index (χ0n) is 11.7. The number of methoxy groups -OCH3 is 1.